The van der Waals surface area contributed by atoms with Crippen LogP contribution >= 0.6 is 0 Å². The summed E-state index contributed by atoms with van der Waals surface area (Å²) in [6.07, 6.45) is 2.52. The first-order valence-electron chi connectivity index (χ1n) is 11.3. The number of hydrogen-bond donors (Lipinski definition) is 2. The fourth-order valence-electron chi connectivity index (χ4n) is 4.47. The topological polar surface area (TPSA) is 140 Å². The van der Waals surface area contributed by atoms with Crippen molar-refractivity contribution >= 4 is 17.5 Å². The largest absolute Gasteiger partial charge is 0.377 e. The van der Waals surface area contributed by atoms with Gasteiger partial charge in [0, 0.05) is 64.6 Å². The molecular formula is C22H33N5O6. The molecule has 2 aliphatic rings. The van der Waals surface area contributed by atoms with Crippen molar-refractivity contribution in [2.45, 2.75) is 44.0 Å². The smallest absolute Gasteiger partial charge is 0.269 e. The van der Waals surface area contributed by atoms with E-state index >= 15 is 0 Å². The van der Waals surface area contributed by atoms with Crippen LogP contribution in [0.5, 0.6) is 0 Å². The van der Waals surface area contributed by atoms with Gasteiger partial charge >= 0.3 is 0 Å². The molecule has 1 aromatic rings. The lowest BCUT2D eigenvalue weighted by atomic mass is 10.1. The molecule has 0 radical (unpaired) electrons. The molecule has 33 heavy (non-hydrogen) atoms. The molecule has 2 fully saturated rings. The maximum atomic E-state index is 12.8. The van der Waals surface area contributed by atoms with E-state index in [1.807, 2.05) is 0 Å². The van der Waals surface area contributed by atoms with Crippen LogP contribution in [-0.4, -0.2) is 91.2 Å². The van der Waals surface area contributed by atoms with Crippen LogP contribution in [-0.2, 0) is 25.6 Å². The highest BCUT2D eigenvalue weighted by Gasteiger charge is 2.42. The SMILES string of the molecule is COCC(=O)N1CC(N(Cc2ccc([N+](=O)[O-])cc2)CC2CCCO2)CC1C(=O)NCCN. The van der Waals surface area contributed by atoms with Gasteiger partial charge in [-0.1, -0.05) is 12.1 Å². The first kappa shape index (κ1) is 25.0. The molecule has 3 unspecified atom stereocenters. The Bertz CT molecular complexity index is 814. The minimum atomic E-state index is -0.604. The quantitative estimate of drug-likeness (QED) is 0.352. The van der Waals surface area contributed by atoms with Crippen molar-refractivity contribution in [3.05, 3.63) is 39.9 Å². The van der Waals surface area contributed by atoms with Gasteiger partial charge in [-0.05, 0) is 24.8 Å². The van der Waals surface area contributed by atoms with Crippen molar-refractivity contribution in [1.29, 1.82) is 0 Å². The summed E-state index contributed by atoms with van der Waals surface area (Å²) in [5, 5.41) is 13.8. The van der Waals surface area contributed by atoms with Crippen molar-refractivity contribution in [3.63, 3.8) is 0 Å². The Kier molecular flexibility index (Phi) is 9.12. The van der Waals surface area contributed by atoms with Crippen LogP contribution < -0.4 is 11.1 Å². The lowest BCUT2D eigenvalue weighted by Gasteiger charge is -2.31. The van der Waals surface area contributed by atoms with Gasteiger partial charge in [-0.25, -0.2) is 0 Å². The fraction of sp³-hybridized carbons (Fsp3) is 0.636. The maximum absolute atomic E-state index is 12.8. The van der Waals surface area contributed by atoms with Crippen molar-refractivity contribution in [2.75, 3.05) is 46.5 Å². The molecule has 11 nitrogen and oxygen atoms in total. The molecule has 0 aromatic heterocycles. The summed E-state index contributed by atoms with van der Waals surface area (Å²) in [6, 6.07) is 5.80. The van der Waals surface area contributed by atoms with Crippen molar-refractivity contribution < 1.29 is 24.0 Å². The number of ether oxygens (including phenoxy) is 2. The number of nitro benzene ring substituents is 1. The minimum absolute atomic E-state index is 0.0401. The Balaban J connectivity index is 1.79. The third kappa shape index (κ3) is 6.70. The van der Waals surface area contributed by atoms with Crippen LogP contribution in [0, 0.1) is 10.1 Å². The Morgan fingerprint density at radius 2 is 2.12 bits per heavy atom. The predicted molar refractivity (Wildman–Crippen MR) is 120 cm³/mol. The predicted octanol–water partition coefficient (Wildman–Crippen LogP) is 0.267. The number of benzene rings is 1. The summed E-state index contributed by atoms with van der Waals surface area (Å²) in [7, 11) is 1.45. The lowest BCUT2D eigenvalue weighted by Crippen LogP contribution is -2.48. The molecule has 1 aromatic carbocycles. The highest BCUT2D eigenvalue weighted by Crippen LogP contribution is 2.27. The van der Waals surface area contributed by atoms with Gasteiger partial charge < -0.3 is 25.4 Å². The van der Waals surface area contributed by atoms with Crippen LogP contribution in [0.3, 0.4) is 0 Å². The molecule has 0 bridgehead atoms. The average Bonchev–Trinajstić information content (AvgIpc) is 3.48. The standard InChI is InChI=1S/C22H33N5O6/c1-32-15-21(28)26-13-18(11-20(26)22(29)24-9-8-23)25(14-19-3-2-10-33-19)12-16-4-6-17(7-5-16)27(30)31/h4-7,18-20H,2-3,8-15,23H2,1H3,(H,24,29). The molecule has 11 heteroatoms. The number of carbonyl (C=O) groups excluding carboxylic acids is 2. The summed E-state index contributed by atoms with van der Waals surface area (Å²) in [4.78, 5) is 39.9. The van der Waals surface area contributed by atoms with Gasteiger partial charge in [0.1, 0.15) is 12.6 Å². The van der Waals surface area contributed by atoms with Gasteiger partial charge in [-0.2, -0.15) is 0 Å². The molecule has 2 amide bonds. The van der Waals surface area contributed by atoms with Gasteiger partial charge in [0.05, 0.1) is 11.0 Å². The Hall–Kier alpha value is -2.60. The van der Waals surface area contributed by atoms with Gasteiger partial charge in [0.2, 0.25) is 11.8 Å². The van der Waals surface area contributed by atoms with E-state index in [0.717, 1.165) is 25.0 Å². The number of non-ortho nitro benzene ring substituents is 1. The number of nitrogens with zero attached hydrogens (tertiary/aromatic N) is 3. The molecule has 3 rings (SSSR count). The third-order valence-corrected chi connectivity index (χ3v) is 6.12. The van der Waals surface area contributed by atoms with E-state index in [1.165, 1.54) is 19.2 Å². The molecule has 0 saturated carbocycles. The zero-order chi connectivity index (χ0) is 23.8. The number of nitrogens with two attached hydrogens (primary N) is 1. The molecule has 2 saturated heterocycles. The molecular weight excluding hydrogens is 430 g/mol. The van der Waals surface area contributed by atoms with E-state index in [2.05, 4.69) is 10.2 Å². The minimum Gasteiger partial charge on any atom is -0.377 e. The highest BCUT2D eigenvalue weighted by atomic mass is 16.6. The third-order valence-electron chi connectivity index (χ3n) is 6.12. The highest BCUT2D eigenvalue weighted by molar-refractivity contribution is 5.88. The van der Waals surface area contributed by atoms with E-state index in [4.69, 9.17) is 15.2 Å². The average molecular weight is 464 g/mol. The number of hydrogen-bond acceptors (Lipinski definition) is 8. The summed E-state index contributed by atoms with van der Waals surface area (Å²) in [6.45, 7) is 2.87. The second kappa shape index (κ2) is 12.0. The fourth-order valence-corrected chi connectivity index (χ4v) is 4.47. The van der Waals surface area contributed by atoms with Gasteiger partial charge in [0.25, 0.3) is 5.69 Å². The van der Waals surface area contributed by atoms with Crippen LogP contribution in [0.15, 0.2) is 24.3 Å². The monoisotopic (exact) mass is 463 g/mol. The van der Waals surface area contributed by atoms with Crippen LogP contribution in [0.2, 0.25) is 0 Å². The molecule has 3 atom stereocenters. The van der Waals surface area contributed by atoms with Crippen LogP contribution in [0.25, 0.3) is 0 Å². The first-order chi connectivity index (χ1) is 15.9. The summed E-state index contributed by atoms with van der Waals surface area (Å²) >= 11 is 0. The Morgan fingerprint density at radius 3 is 2.73 bits per heavy atom. The van der Waals surface area contributed by atoms with Crippen molar-refractivity contribution in [1.82, 2.24) is 15.1 Å². The number of carbonyl (C=O) groups is 2. The Labute approximate surface area is 193 Å². The molecule has 0 aliphatic carbocycles. The molecule has 182 valence electrons. The van der Waals surface area contributed by atoms with E-state index < -0.39 is 11.0 Å². The Morgan fingerprint density at radius 1 is 1.36 bits per heavy atom. The number of amides is 2. The van der Waals surface area contributed by atoms with Crippen LogP contribution in [0.4, 0.5) is 5.69 Å². The van der Waals surface area contributed by atoms with E-state index in [-0.39, 0.29) is 36.3 Å². The molecule has 3 N–H and O–H groups in total. The van der Waals surface area contributed by atoms with Gasteiger partial charge in [0.15, 0.2) is 0 Å². The summed E-state index contributed by atoms with van der Waals surface area (Å²) in [5.74, 6) is -0.458. The number of nitrogens with one attached hydrogen (secondary N) is 1. The zero-order valence-electron chi connectivity index (χ0n) is 19.0. The van der Waals surface area contributed by atoms with E-state index in [0.29, 0.717) is 39.1 Å². The number of methoxy groups -OCH3 is 1. The lowest BCUT2D eigenvalue weighted by molar-refractivity contribution is -0.384. The number of rotatable bonds is 11. The molecule has 0 spiro atoms. The van der Waals surface area contributed by atoms with E-state index in [9.17, 15) is 19.7 Å². The second-order valence-corrected chi connectivity index (χ2v) is 8.45. The zero-order valence-corrected chi connectivity index (χ0v) is 19.0. The van der Waals surface area contributed by atoms with Crippen molar-refractivity contribution in [3.8, 4) is 0 Å². The number of nitro groups is 1. The second-order valence-electron chi connectivity index (χ2n) is 8.45. The van der Waals surface area contributed by atoms with Crippen LogP contribution in [0.1, 0.15) is 24.8 Å². The van der Waals surface area contributed by atoms with E-state index in [1.54, 1.807) is 17.0 Å². The maximum Gasteiger partial charge on any atom is 0.269 e. The molecule has 2 heterocycles. The molecule has 2 aliphatic heterocycles. The summed E-state index contributed by atoms with van der Waals surface area (Å²) < 4.78 is 10.9. The van der Waals surface area contributed by atoms with Gasteiger partial charge in [-0.15, -0.1) is 0 Å². The first-order valence-corrected chi connectivity index (χ1v) is 11.3. The van der Waals surface area contributed by atoms with Gasteiger partial charge in [-0.3, -0.25) is 24.6 Å². The summed E-state index contributed by atoms with van der Waals surface area (Å²) in [5.41, 5.74) is 6.48. The number of likely N-dealkylation sites (tertiary alicyclic amines) is 1. The van der Waals surface area contributed by atoms with Crippen molar-refractivity contribution in [2.24, 2.45) is 5.73 Å². The normalized spacial score (nSPS) is 22.6.